The average Bonchev–Trinajstić information content (AvgIpc) is 3.07. The summed E-state index contributed by atoms with van der Waals surface area (Å²) in [6, 6.07) is 6.64. The van der Waals surface area contributed by atoms with Crippen molar-refractivity contribution in [2.45, 2.75) is 19.8 Å². The third kappa shape index (κ3) is 4.37. The summed E-state index contributed by atoms with van der Waals surface area (Å²) < 4.78 is 6.41. The summed E-state index contributed by atoms with van der Waals surface area (Å²) in [7, 11) is 0. The Morgan fingerprint density at radius 3 is 2.95 bits per heavy atom. The van der Waals surface area contributed by atoms with Gasteiger partial charge in [-0.05, 0) is 35.0 Å². The maximum atomic E-state index is 11.9. The van der Waals surface area contributed by atoms with E-state index in [9.17, 15) is 9.59 Å². The minimum Gasteiger partial charge on any atom is -0.452 e. The minimum atomic E-state index is -0.569. The third-order valence-corrected chi connectivity index (χ3v) is 2.88. The van der Waals surface area contributed by atoms with E-state index >= 15 is 0 Å². The fourth-order valence-electron chi connectivity index (χ4n) is 1.73. The molecule has 2 rings (SSSR count). The quantitative estimate of drug-likeness (QED) is 0.598. The smallest absolute Gasteiger partial charge is 0.338 e. The van der Waals surface area contributed by atoms with Gasteiger partial charge in [0.05, 0.1) is 11.3 Å². The first kappa shape index (κ1) is 15.6. The van der Waals surface area contributed by atoms with E-state index in [1.165, 1.54) is 11.0 Å². The number of amides is 1. The average molecular weight is 303 g/mol. The van der Waals surface area contributed by atoms with Crippen molar-refractivity contribution in [1.29, 1.82) is 0 Å². The van der Waals surface area contributed by atoms with Crippen LogP contribution in [-0.4, -0.2) is 45.2 Å². The second-order valence-corrected chi connectivity index (χ2v) is 4.58. The third-order valence-electron chi connectivity index (χ3n) is 2.88. The number of benzene rings is 1. The minimum absolute atomic E-state index is 0.294. The molecule has 0 bridgehead atoms. The fourth-order valence-corrected chi connectivity index (χ4v) is 1.73. The van der Waals surface area contributed by atoms with E-state index < -0.39 is 5.97 Å². The highest BCUT2D eigenvalue weighted by Gasteiger charge is 2.11. The van der Waals surface area contributed by atoms with Crippen LogP contribution in [0.4, 0.5) is 0 Å². The van der Waals surface area contributed by atoms with Crippen molar-refractivity contribution in [3.05, 3.63) is 36.2 Å². The van der Waals surface area contributed by atoms with Crippen LogP contribution in [-0.2, 0) is 9.53 Å². The van der Waals surface area contributed by atoms with Crippen molar-refractivity contribution in [2.75, 3.05) is 13.2 Å². The van der Waals surface area contributed by atoms with Crippen LogP contribution >= 0.6 is 0 Å². The molecule has 1 aromatic heterocycles. The maximum absolute atomic E-state index is 11.9. The summed E-state index contributed by atoms with van der Waals surface area (Å²) in [6.45, 7) is 2.32. The molecule has 0 radical (unpaired) electrons. The lowest BCUT2D eigenvalue weighted by Crippen LogP contribution is -2.29. The topological polar surface area (TPSA) is 99.0 Å². The van der Waals surface area contributed by atoms with Crippen LogP contribution in [0.15, 0.2) is 30.6 Å². The summed E-state index contributed by atoms with van der Waals surface area (Å²) in [5.41, 5.74) is 0.959. The molecule has 1 amide bonds. The van der Waals surface area contributed by atoms with E-state index in [0.717, 1.165) is 12.8 Å². The van der Waals surface area contributed by atoms with Gasteiger partial charge in [-0.3, -0.25) is 4.79 Å². The number of hydrogen-bond donors (Lipinski definition) is 1. The summed E-state index contributed by atoms with van der Waals surface area (Å²) in [4.78, 5) is 23.4. The van der Waals surface area contributed by atoms with Crippen LogP contribution < -0.4 is 5.32 Å². The molecule has 0 unspecified atom stereocenters. The number of tetrazole rings is 1. The van der Waals surface area contributed by atoms with Gasteiger partial charge in [-0.15, -0.1) is 5.10 Å². The SMILES string of the molecule is CCCCNC(=O)COC(=O)c1cccc(-n2cnnn2)c1. The van der Waals surface area contributed by atoms with E-state index in [1.807, 2.05) is 6.92 Å². The van der Waals surface area contributed by atoms with Crippen molar-refractivity contribution in [3.63, 3.8) is 0 Å². The van der Waals surface area contributed by atoms with Crippen molar-refractivity contribution < 1.29 is 14.3 Å². The molecular weight excluding hydrogens is 286 g/mol. The summed E-state index contributed by atoms with van der Waals surface area (Å²) >= 11 is 0. The zero-order chi connectivity index (χ0) is 15.8. The van der Waals surface area contributed by atoms with Gasteiger partial charge < -0.3 is 10.1 Å². The molecule has 0 aliphatic heterocycles. The first-order valence-corrected chi connectivity index (χ1v) is 6.98. The van der Waals surface area contributed by atoms with Crippen LogP contribution in [0.3, 0.4) is 0 Å². The lowest BCUT2D eigenvalue weighted by atomic mass is 10.2. The highest BCUT2D eigenvalue weighted by Crippen LogP contribution is 2.09. The predicted molar refractivity (Wildman–Crippen MR) is 77.4 cm³/mol. The Labute approximate surface area is 127 Å². The number of aromatic nitrogens is 4. The summed E-state index contributed by atoms with van der Waals surface area (Å²) in [5, 5.41) is 13.5. The number of carbonyl (C=O) groups excluding carboxylic acids is 2. The van der Waals surface area contributed by atoms with Gasteiger partial charge >= 0.3 is 5.97 Å². The van der Waals surface area contributed by atoms with Crippen LogP contribution in [0.25, 0.3) is 5.69 Å². The molecule has 0 saturated heterocycles. The Hall–Kier alpha value is -2.77. The number of esters is 1. The molecule has 8 heteroatoms. The molecule has 1 N–H and O–H groups in total. The lowest BCUT2D eigenvalue weighted by molar-refractivity contribution is -0.124. The van der Waals surface area contributed by atoms with Gasteiger partial charge in [0.15, 0.2) is 6.61 Å². The highest BCUT2D eigenvalue weighted by atomic mass is 16.5. The maximum Gasteiger partial charge on any atom is 0.338 e. The molecule has 0 aliphatic rings. The molecule has 1 heterocycles. The Bertz CT molecular complexity index is 627. The predicted octanol–water partition coefficient (Wildman–Crippen LogP) is 0.735. The van der Waals surface area contributed by atoms with Crippen LogP contribution in [0.1, 0.15) is 30.1 Å². The number of rotatable bonds is 7. The van der Waals surface area contributed by atoms with Crippen LogP contribution in [0.2, 0.25) is 0 Å². The van der Waals surface area contributed by atoms with E-state index in [-0.39, 0.29) is 12.5 Å². The molecule has 22 heavy (non-hydrogen) atoms. The van der Waals surface area contributed by atoms with Crippen molar-refractivity contribution in [1.82, 2.24) is 25.5 Å². The van der Waals surface area contributed by atoms with Gasteiger partial charge in [-0.2, -0.15) is 0 Å². The Morgan fingerprint density at radius 1 is 1.36 bits per heavy atom. The van der Waals surface area contributed by atoms with Gasteiger partial charge in [0.1, 0.15) is 6.33 Å². The van der Waals surface area contributed by atoms with Crippen molar-refractivity contribution >= 4 is 11.9 Å². The van der Waals surface area contributed by atoms with Crippen LogP contribution in [0, 0.1) is 0 Å². The van der Waals surface area contributed by atoms with E-state index in [2.05, 4.69) is 20.8 Å². The number of unbranched alkanes of at least 4 members (excludes halogenated alkanes) is 1. The number of nitrogens with one attached hydrogen (secondary N) is 1. The zero-order valence-electron chi connectivity index (χ0n) is 12.2. The van der Waals surface area contributed by atoms with Crippen molar-refractivity contribution in [2.24, 2.45) is 0 Å². The molecule has 8 nitrogen and oxygen atoms in total. The largest absolute Gasteiger partial charge is 0.452 e. The summed E-state index contributed by atoms with van der Waals surface area (Å²) in [5.74, 6) is -0.876. The Kier molecular flexibility index (Phi) is 5.58. The molecule has 0 fully saturated rings. The van der Waals surface area contributed by atoms with Gasteiger partial charge in [0.25, 0.3) is 5.91 Å². The van der Waals surface area contributed by atoms with Gasteiger partial charge in [0.2, 0.25) is 0 Å². The molecule has 2 aromatic rings. The first-order chi connectivity index (χ1) is 10.7. The van der Waals surface area contributed by atoms with Gasteiger partial charge in [0, 0.05) is 6.54 Å². The molecule has 0 spiro atoms. The second kappa shape index (κ2) is 7.87. The normalized spacial score (nSPS) is 10.2. The van der Waals surface area contributed by atoms with E-state index in [4.69, 9.17) is 4.74 Å². The molecule has 0 saturated carbocycles. The second-order valence-electron chi connectivity index (χ2n) is 4.58. The molecular formula is C14H17N5O3. The van der Waals surface area contributed by atoms with E-state index in [0.29, 0.717) is 17.8 Å². The van der Waals surface area contributed by atoms with Crippen LogP contribution in [0.5, 0.6) is 0 Å². The zero-order valence-corrected chi connectivity index (χ0v) is 12.2. The Balaban J connectivity index is 1.90. The number of ether oxygens (including phenoxy) is 1. The van der Waals surface area contributed by atoms with Crippen molar-refractivity contribution in [3.8, 4) is 5.69 Å². The highest BCUT2D eigenvalue weighted by molar-refractivity contribution is 5.91. The summed E-state index contributed by atoms with van der Waals surface area (Å²) in [6.07, 6.45) is 3.31. The van der Waals surface area contributed by atoms with E-state index in [1.54, 1.807) is 24.3 Å². The molecule has 116 valence electrons. The van der Waals surface area contributed by atoms with Gasteiger partial charge in [-0.1, -0.05) is 19.4 Å². The van der Waals surface area contributed by atoms with Gasteiger partial charge in [-0.25, -0.2) is 9.48 Å². The molecule has 0 atom stereocenters. The number of hydrogen-bond acceptors (Lipinski definition) is 6. The molecule has 1 aromatic carbocycles. The number of carbonyl (C=O) groups is 2. The first-order valence-electron chi connectivity index (χ1n) is 6.98. The molecule has 0 aliphatic carbocycles. The lowest BCUT2D eigenvalue weighted by Gasteiger charge is -2.07. The standard InChI is InChI=1S/C14H17N5O3/c1-2-3-7-15-13(20)9-22-14(21)11-5-4-6-12(8-11)19-10-16-17-18-19/h4-6,8,10H,2-3,7,9H2,1H3,(H,15,20). The monoisotopic (exact) mass is 303 g/mol. The number of nitrogens with zero attached hydrogens (tertiary/aromatic N) is 4. The Morgan fingerprint density at radius 2 is 2.23 bits per heavy atom. The fraction of sp³-hybridized carbons (Fsp3) is 0.357.